The number of hydrogen-bond acceptors (Lipinski definition) is 8. The molecule has 8 nitrogen and oxygen atoms in total. The molecule has 1 aliphatic heterocycles. The van der Waals surface area contributed by atoms with Crippen LogP contribution >= 0.6 is 15.9 Å². The van der Waals surface area contributed by atoms with Gasteiger partial charge in [0.1, 0.15) is 18.8 Å². The van der Waals surface area contributed by atoms with Gasteiger partial charge >= 0.3 is 17.9 Å². The normalized spacial score (nSPS) is 32.1. The monoisotopic (exact) mass is 368 g/mol. The van der Waals surface area contributed by atoms with Gasteiger partial charge < -0.3 is 24.1 Å². The first-order valence-corrected chi connectivity index (χ1v) is 7.09. The maximum Gasteiger partial charge on any atom is 0.303 e. The lowest BCUT2D eigenvalue weighted by atomic mass is 10.00. The quantitative estimate of drug-likeness (QED) is 0.416. The minimum atomic E-state index is -1.31. The number of ether oxygens (including phenoxy) is 4. The zero-order valence-electron chi connectivity index (χ0n) is 11.8. The Labute approximate surface area is 129 Å². The van der Waals surface area contributed by atoms with E-state index in [1.54, 1.807) is 0 Å². The van der Waals surface area contributed by atoms with Crippen molar-refractivity contribution in [2.24, 2.45) is 0 Å². The van der Waals surface area contributed by atoms with Gasteiger partial charge in [0.15, 0.2) is 17.2 Å². The predicted molar refractivity (Wildman–Crippen MR) is 71.3 cm³/mol. The largest absolute Gasteiger partial charge is 0.463 e. The first-order chi connectivity index (χ1) is 9.72. The van der Waals surface area contributed by atoms with Gasteiger partial charge in [-0.05, 0) is 0 Å². The Kier molecular flexibility index (Phi) is 6.56. The average molecular weight is 369 g/mol. The maximum absolute atomic E-state index is 11.2. The number of aliphatic hydroxyl groups is 1. The molecule has 0 aliphatic carbocycles. The highest BCUT2D eigenvalue weighted by Gasteiger charge is 2.48. The summed E-state index contributed by atoms with van der Waals surface area (Å²) >= 11 is 3.15. The van der Waals surface area contributed by atoms with Gasteiger partial charge in [-0.2, -0.15) is 0 Å². The lowest BCUT2D eigenvalue weighted by Crippen LogP contribution is -2.59. The number of hydrogen-bond donors (Lipinski definition) is 1. The summed E-state index contributed by atoms with van der Waals surface area (Å²) in [5.74, 6) is -1.80. The first-order valence-electron chi connectivity index (χ1n) is 6.17. The van der Waals surface area contributed by atoms with Crippen LogP contribution in [0, 0.1) is 0 Å². The van der Waals surface area contributed by atoms with Crippen LogP contribution in [0.4, 0.5) is 0 Å². The van der Waals surface area contributed by atoms with E-state index in [4.69, 9.17) is 18.9 Å². The van der Waals surface area contributed by atoms with Crippen LogP contribution in [0.2, 0.25) is 0 Å². The van der Waals surface area contributed by atoms with Crippen molar-refractivity contribution < 1.29 is 38.4 Å². The van der Waals surface area contributed by atoms with Crippen molar-refractivity contribution >= 4 is 33.8 Å². The summed E-state index contributed by atoms with van der Waals surface area (Å²) in [7, 11) is 0. The number of rotatable bonds is 4. The second-order valence-electron chi connectivity index (χ2n) is 4.47. The highest BCUT2D eigenvalue weighted by molar-refractivity contribution is 9.09. The molecule has 1 heterocycles. The molecule has 21 heavy (non-hydrogen) atoms. The fourth-order valence-electron chi connectivity index (χ4n) is 1.86. The smallest absolute Gasteiger partial charge is 0.303 e. The minimum absolute atomic E-state index is 0.219. The molecule has 0 aromatic carbocycles. The molecule has 5 atom stereocenters. The van der Waals surface area contributed by atoms with Gasteiger partial charge in [-0.3, -0.25) is 14.4 Å². The molecule has 9 heteroatoms. The summed E-state index contributed by atoms with van der Waals surface area (Å²) in [5.41, 5.74) is 0. The Hall–Kier alpha value is -1.19. The van der Waals surface area contributed by atoms with Crippen molar-refractivity contribution in [2.75, 3.05) is 6.61 Å². The zero-order chi connectivity index (χ0) is 16.2. The van der Waals surface area contributed by atoms with Crippen LogP contribution in [0.1, 0.15) is 20.8 Å². The van der Waals surface area contributed by atoms with E-state index in [9.17, 15) is 19.5 Å². The Balaban J connectivity index is 2.87. The third-order valence-electron chi connectivity index (χ3n) is 2.66. The van der Waals surface area contributed by atoms with E-state index in [0.29, 0.717) is 0 Å². The number of halogens is 1. The Morgan fingerprint density at radius 3 is 2.05 bits per heavy atom. The van der Waals surface area contributed by atoms with Crippen molar-refractivity contribution in [1.29, 1.82) is 0 Å². The summed E-state index contributed by atoms with van der Waals surface area (Å²) in [5, 5.41) is 9.36. The molecule has 0 bridgehead atoms. The molecule has 1 N–H and O–H groups in total. The van der Waals surface area contributed by atoms with E-state index < -0.39 is 47.3 Å². The van der Waals surface area contributed by atoms with Crippen molar-refractivity contribution in [2.45, 2.75) is 50.2 Å². The van der Waals surface area contributed by atoms with Crippen molar-refractivity contribution in [3.63, 3.8) is 0 Å². The molecule has 1 aliphatic rings. The molecule has 0 aromatic heterocycles. The van der Waals surface area contributed by atoms with E-state index in [1.165, 1.54) is 13.8 Å². The lowest BCUT2D eigenvalue weighted by Gasteiger charge is -2.41. The molecule has 0 unspecified atom stereocenters. The second-order valence-corrected chi connectivity index (χ2v) is 5.37. The van der Waals surface area contributed by atoms with E-state index in [1.807, 2.05) is 0 Å². The van der Waals surface area contributed by atoms with Crippen LogP contribution in [-0.2, 0) is 33.3 Å². The Morgan fingerprint density at radius 1 is 1.05 bits per heavy atom. The van der Waals surface area contributed by atoms with Crippen LogP contribution < -0.4 is 0 Å². The van der Waals surface area contributed by atoms with Crippen molar-refractivity contribution in [1.82, 2.24) is 0 Å². The fraction of sp³-hybridized carbons (Fsp3) is 0.750. The van der Waals surface area contributed by atoms with Gasteiger partial charge in [0.05, 0.1) is 0 Å². The number of carbonyl (C=O) groups is 3. The molecule has 0 amide bonds. The van der Waals surface area contributed by atoms with Crippen LogP contribution in [0.25, 0.3) is 0 Å². The zero-order valence-corrected chi connectivity index (χ0v) is 13.4. The van der Waals surface area contributed by atoms with Gasteiger partial charge in [0.2, 0.25) is 0 Å². The summed E-state index contributed by atoms with van der Waals surface area (Å²) in [6.07, 6.45) is -4.39. The molecule has 1 saturated heterocycles. The summed E-state index contributed by atoms with van der Waals surface area (Å²) < 4.78 is 20.2. The van der Waals surface area contributed by atoms with E-state index in [-0.39, 0.29) is 6.61 Å². The van der Waals surface area contributed by atoms with Gasteiger partial charge in [-0.25, -0.2) is 0 Å². The summed E-state index contributed by atoms with van der Waals surface area (Å²) in [6, 6.07) is 0. The second kappa shape index (κ2) is 7.71. The number of esters is 3. The van der Waals surface area contributed by atoms with Crippen LogP contribution in [0.3, 0.4) is 0 Å². The molecule has 1 rings (SSSR count). The highest BCUT2D eigenvalue weighted by atomic mass is 79.9. The Bertz CT molecular complexity index is 412. The fourth-order valence-corrected chi connectivity index (χ4v) is 2.54. The summed E-state index contributed by atoms with van der Waals surface area (Å²) in [6.45, 7) is 3.34. The average Bonchev–Trinajstić information content (AvgIpc) is 2.35. The molecular formula is C12H17BrO8. The molecule has 0 aromatic rings. The van der Waals surface area contributed by atoms with Crippen LogP contribution in [0.15, 0.2) is 0 Å². The Morgan fingerprint density at radius 2 is 1.57 bits per heavy atom. The highest BCUT2D eigenvalue weighted by Crippen LogP contribution is 2.29. The SMILES string of the molecule is CC(=O)OC[C@H]1O[C@@H](Br)[C@H](OC(C)=O)[C@@H](OC(C)=O)[C@@H]1O. The molecule has 1 fully saturated rings. The number of alkyl halides is 1. The standard InChI is InChI=1S/C12H17BrO8/c1-5(14)18-4-8-9(17)10(19-6(2)15)11(12(13)21-8)20-7(3)16/h8-12,17H,4H2,1-3H3/t8-,9-,10+,11-,12-/m1/s1. The molecule has 0 saturated carbocycles. The van der Waals surface area contributed by atoms with E-state index in [2.05, 4.69) is 15.9 Å². The molecule has 120 valence electrons. The maximum atomic E-state index is 11.2. The third kappa shape index (κ3) is 5.25. The topological polar surface area (TPSA) is 108 Å². The van der Waals surface area contributed by atoms with Gasteiger partial charge in [0, 0.05) is 20.8 Å². The van der Waals surface area contributed by atoms with Gasteiger partial charge in [-0.15, -0.1) is 0 Å². The minimum Gasteiger partial charge on any atom is -0.463 e. The molecular weight excluding hydrogens is 352 g/mol. The predicted octanol–water partition coefficient (Wildman–Crippen LogP) is -0.106. The third-order valence-corrected chi connectivity index (χ3v) is 3.40. The van der Waals surface area contributed by atoms with Gasteiger partial charge in [0.25, 0.3) is 0 Å². The number of aliphatic hydroxyl groups excluding tert-OH is 1. The van der Waals surface area contributed by atoms with E-state index >= 15 is 0 Å². The van der Waals surface area contributed by atoms with Crippen molar-refractivity contribution in [3.05, 3.63) is 0 Å². The van der Waals surface area contributed by atoms with Gasteiger partial charge in [-0.1, -0.05) is 15.9 Å². The summed E-state index contributed by atoms with van der Waals surface area (Å²) in [4.78, 5) is 33.1. The van der Waals surface area contributed by atoms with Crippen LogP contribution in [0.5, 0.6) is 0 Å². The number of carbonyl (C=O) groups excluding carboxylic acids is 3. The van der Waals surface area contributed by atoms with E-state index in [0.717, 1.165) is 6.92 Å². The van der Waals surface area contributed by atoms with Crippen molar-refractivity contribution in [3.8, 4) is 0 Å². The van der Waals surface area contributed by atoms with Crippen LogP contribution in [-0.4, -0.2) is 59.1 Å². The first kappa shape index (κ1) is 17.9. The molecule has 0 spiro atoms. The lowest BCUT2D eigenvalue weighted by molar-refractivity contribution is -0.229. The molecule has 0 radical (unpaired) electrons.